The molecule has 2 aromatic rings. The van der Waals surface area contributed by atoms with Crippen LogP contribution in [0.4, 0.5) is 0 Å². The normalized spacial score (nSPS) is 21.0. The molecule has 2 aliphatic rings. The summed E-state index contributed by atoms with van der Waals surface area (Å²) in [7, 11) is 0. The Hall–Kier alpha value is -2.17. The van der Waals surface area contributed by atoms with E-state index < -0.39 is 0 Å². The average molecular weight is 380 g/mol. The van der Waals surface area contributed by atoms with Crippen molar-refractivity contribution in [2.45, 2.75) is 31.3 Å². The molecule has 0 saturated carbocycles. The molecule has 2 aliphatic heterocycles. The minimum Gasteiger partial charge on any atom is -0.381 e. The number of rotatable bonds is 5. The Kier molecular flexibility index (Phi) is 6.40. The summed E-state index contributed by atoms with van der Waals surface area (Å²) in [6, 6.07) is 21.2. The maximum atomic E-state index is 12.9. The van der Waals surface area contributed by atoms with E-state index in [9.17, 15) is 4.79 Å². The van der Waals surface area contributed by atoms with E-state index in [1.807, 2.05) is 4.90 Å². The molecule has 0 aliphatic carbocycles. The van der Waals surface area contributed by atoms with Crippen molar-refractivity contribution in [3.8, 4) is 0 Å². The monoisotopic (exact) mass is 379 g/mol. The van der Waals surface area contributed by atoms with Crippen LogP contribution in [-0.2, 0) is 14.3 Å². The van der Waals surface area contributed by atoms with E-state index in [-0.39, 0.29) is 23.8 Å². The van der Waals surface area contributed by atoms with Crippen LogP contribution in [0.5, 0.6) is 0 Å². The zero-order valence-electron chi connectivity index (χ0n) is 16.3. The van der Waals surface area contributed by atoms with Gasteiger partial charge in [-0.05, 0) is 30.4 Å². The Bertz CT molecular complexity index is 703. The second kappa shape index (κ2) is 9.35. The molecule has 4 rings (SSSR count). The lowest BCUT2D eigenvalue weighted by Crippen LogP contribution is -2.48. The Morgan fingerprint density at radius 1 is 0.929 bits per heavy atom. The standard InChI is InChI=1S/C24H29NO3/c26-24(21-11-14-27-15-12-21)25-13-16-28-22(18-25)17-23(19-7-3-1-4-8-19)20-9-5-2-6-10-20/h1-10,21-23H,11-18H2. The number of hydrogen-bond acceptors (Lipinski definition) is 3. The molecule has 1 atom stereocenters. The van der Waals surface area contributed by atoms with Gasteiger partial charge in [-0.15, -0.1) is 0 Å². The summed E-state index contributed by atoms with van der Waals surface area (Å²) in [6.45, 7) is 3.42. The van der Waals surface area contributed by atoms with Crippen molar-refractivity contribution >= 4 is 5.91 Å². The molecule has 0 N–H and O–H groups in total. The summed E-state index contributed by atoms with van der Waals surface area (Å²) in [4.78, 5) is 15.0. The molecule has 4 nitrogen and oxygen atoms in total. The number of ether oxygens (including phenoxy) is 2. The highest BCUT2D eigenvalue weighted by atomic mass is 16.5. The molecule has 1 unspecified atom stereocenters. The van der Waals surface area contributed by atoms with Crippen LogP contribution in [-0.4, -0.2) is 49.8 Å². The Morgan fingerprint density at radius 2 is 1.54 bits per heavy atom. The average Bonchev–Trinajstić information content (AvgIpc) is 2.79. The van der Waals surface area contributed by atoms with E-state index in [0.29, 0.717) is 32.9 Å². The lowest BCUT2D eigenvalue weighted by molar-refractivity contribution is -0.146. The quantitative estimate of drug-likeness (QED) is 0.792. The van der Waals surface area contributed by atoms with Crippen molar-refractivity contribution in [2.24, 2.45) is 5.92 Å². The van der Waals surface area contributed by atoms with Crippen LogP contribution in [0.25, 0.3) is 0 Å². The minimum absolute atomic E-state index is 0.0583. The van der Waals surface area contributed by atoms with Crippen molar-refractivity contribution in [1.82, 2.24) is 4.90 Å². The van der Waals surface area contributed by atoms with E-state index in [0.717, 1.165) is 19.3 Å². The fourth-order valence-corrected chi connectivity index (χ4v) is 4.36. The van der Waals surface area contributed by atoms with Crippen molar-refractivity contribution < 1.29 is 14.3 Å². The first-order valence-electron chi connectivity index (χ1n) is 10.4. The third-order valence-electron chi connectivity index (χ3n) is 5.92. The molecule has 2 aromatic carbocycles. The van der Waals surface area contributed by atoms with E-state index in [4.69, 9.17) is 9.47 Å². The molecule has 2 saturated heterocycles. The second-order valence-corrected chi connectivity index (χ2v) is 7.77. The number of carbonyl (C=O) groups excluding carboxylic acids is 1. The van der Waals surface area contributed by atoms with Crippen LogP contribution in [0.3, 0.4) is 0 Å². The van der Waals surface area contributed by atoms with Gasteiger partial charge in [0.2, 0.25) is 5.91 Å². The smallest absolute Gasteiger partial charge is 0.226 e. The summed E-state index contributed by atoms with van der Waals surface area (Å²) >= 11 is 0. The van der Waals surface area contributed by atoms with Gasteiger partial charge >= 0.3 is 0 Å². The molecule has 28 heavy (non-hydrogen) atoms. The predicted octanol–water partition coefficient (Wildman–Crippen LogP) is 3.86. The molecule has 1 amide bonds. The summed E-state index contributed by atoms with van der Waals surface area (Å²) in [6.07, 6.45) is 2.63. The Morgan fingerprint density at radius 3 is 2.14 bits per heavy atom. The third-order valence-corrected chi connectivity index (χ3v) is 5.92. The van der Waals surface area contributed by atoms with Crippen molar-refractivity contribution in [1.29, 1.82) is 0 Å². The maximum Gasteiger partial charge on any atom is 0.226 e. The van der Waals surface area contributed by atoms with E-state index in [2.05, 4.69) is 60.7 Å². The SMILES string of the molecule is O=C(C1CCOCC1)N1CCOC(CC(c2ccccc2)c2ccccc2)C1. The number of amides is 1. The lowest BCUT2D eigenvalue weighted by Gasteiger charge is -2.37. The molecular weight excluding hydrogens is 350 g/mol. The van der Waals surface area contributed by atoms with Crippen LogP contribution in [0.15, 0.2) is 60.7 Å². The van der Waals surface area contributed by atoms with Gasteiger partial charge in [0, 0.05) is 38.1 Å². The van der Waals surface area contributed by atoms with Crippen LogP contribution in [0, 0.1) is 5.92 Å². The number of nitrogens with zero attached hydrogens (tertiary/aromatic N) is 1. The molecule has 4 heteroatoms. The number of morpholine rings is 1. The Balaban J connectivity index is 1.46. The first-order chi connectivity index (χ1) is 13.8. The van der Waals surface area contributed by atoms with E-state index in [1.54, 1.807) is 0 Å². The highest BCUT2D eigenvalue weighted by Gasteiger charge is 2.32. The number of benzene rings is 2. The zero-order valence-corrected chi connectivity index (χ0v) is 16.3. The van der Waals surface area contributed by atoms with Crippen LogP contribution in [0.2, 0.25) is 0 Å². The van der Waals surface area contributed by atoms with Crippen LogP contribution < -0.4 is 0 Å². The molecule has 0 radical (unpaired) electrons. The molecule has 0 spiro atoms. The highest BCUT2D eigenvalue weighted by molar-refractivity contribution is 5.79. The second-order valence-electron chi connectivity index (χ2n) is 7.77. The van der Waals surface area contributed by atoms with Crippen molar-refractivity contribution in [2.75, 3.05) is 32.9 Å². The first kappa shape index (κ1) is 19.2. The highest BCUT2D eigenvalue weighted by Crippen LogP contribution is 2.31. The van der Waals surface area contributed by atoms with Crippen molar-refractivity contribution in [3.63, 3.8) is 0 Å². The van der Waals surface area contributed by atoms with Gasteiger partial charge in [-0.25, -0.2) is 0 Å². The van der Waals surface area contributed by atoms with Gasteiger partial charge in [0.15, 0.2) is 0 Å². The molecule has 2 heterocycles. The largest absolute Gasteiger partial charge is 0.381 e. The summed E-state index contributed by atoms with van der Waals surface area (Å²) < 4.78 is 11.5. The Labute approximate surface area is 167 Å². The van der Waals surface area contributed by atoms with Gasteiger partial charge in [-0.3, -0.25) is 4.79 Å². The first-order valence-corrected chi connectivity index (χ1v) is 10.4. The topological polar surface area (TPSA) is 38.8 Å². The van der Waals surface area contributed by atoms with Gasteiger partial charge in [-0.2, -0.15) is 0 Å². The van der Waals surface area contributed by atoms with E-state index in [1.165, 1.54) is 11.1 Å². The fraction of sp³-hybridized carbons (Fsp3) is 0.458. The van der Waals surface area contributed by atoms with Gasteiger partial charge in [-0.1, -0.05) is 60.7 Å². The van der Waals surface area contributed by atoms with Crippen LogP contribution >= 0.6 is 0 Å². The number of hydrogen-bond donors (Lipinski definition) is 0. The van der Waals surface area contributed by atoms with Crippen molar-refractivity contribution in [3.05, 3.63) is 71.8 Å². The van der Waals surface area contributed by atoms with Gasteiger partial charge in [0.05, 0.1) is 12.7 Å². The summed E-state index contributed by atoms with van der Waals surface area (Å²) in [5, 5.41) is 0. The predicted molar refractivity (Wildman–Crippen MR) is 109 cm³/mol. The fourth-order valence-electron chi connectivity index (χ4n) is 4.36. The lowest BCUT2D eigenvalue weighted by atomic mass is 9.86. The molecule has 2 fully saturated rings. The van der Waals surface area contributed by atoms with Gasteiger partial charge in [0.1, 0.15) is 0 Å². The number of carbonyl (C=O) groups is 1. The minimum atomic E-state index is 0.0583. The molecule has 148 valence electrons. The zero-order chi connectivity index (χ0) is 19.2. The molecule has 0 aromatic heterocycles. The third kappa shape index (κ3) is 4.62. The van der Waals surface area contributed by atoms with Gasteiger partial charge in [0.25, 0.3) is 0 Å². The van der Waals surface area contributed by atoms with Crippen LogP contribution in [0.1, 0.15) is 36.3 Å². The molecular formula is C24H29NO3. The van der Waals surface area contributed by atoms with Gasteiger partial charge < -0.3 is 14.4 Å². The maximum absolute atomic E-state index is 12.9. The summed E-state index contributed by atoms with van der Waals surface area (Å²) in [5.41, 5.74) is 2.59. The van der Waals surface area contributed by atoms with E-state index >= 15 is 0 Å². The summed E-state index contributed by atoms with van der Waals surface area (Å²) in [5.74, 6) is 0.671. The molecule has 0 bridgehead atoms.